The van der Waals surface area contributed by atoms with E-state index in [4.69, 9.17) is 0 Å². The largest absolute Gasteiger partial charge is 0.508 e. The number of hydrogen-bond acceptors (Lipinski definition) is 6. The van der Waals surface area contributed by atoms with Gasteiger partial charge in [-0.1, -0.05) is 20.8 Å². The summed E-state index contributed by atoms with van der Waals surface area (Å²) in [6, 6.07) is 4.29. The van der Waals surface area contributed by atoms with Crippen molar-refractivity contribution in [1.29, 1.82) is 0 Å². The number of phenols is 6. The number of phenolic OH excluding ortho intramolecular Hbond substituents is 6. The molecule has 0 radical (unpaired) electrons. The smallest absolute Gasteiger partial charge is 0.127 e. The van der Waals surface area contributed by atoms with E-state index in [0.717, 1.165) is 24.3 Å². The molecule has 0 heterocycles. The molecule has 0 bridgehead atoms. The normalized spacial score (nSPS) is 11.8. The van der Waals surface area contributed by atoms with Gasteiger partial charge in [-0.05, 0) is 5.92 Å². The van der Waals surface area contributed by atoms with Crippen LogP contribution in [-0.4, -0.2) is 30.6 Å². The Morgan fingerprint density at radius 1 is 0.652 bits per heavy atom. The van der Waals surface area contributed by atoms with Gasteiger partial charge in [0.25, 0.3) is 0 Å². The van der Waals surface area contributed by atoms with Gasteiger partial charge in [0.05, 0.1) is 0 Å². The van der Waals surface area contributed by atoms with Crippen molar-refractivity contribution < 1.29 is 30.6 Å². The van der Waals surface area contributed by atoms with Crippen LogP contribution in [0.2, 0.25) is 0 Å². The molecular formula is C17H20O6. The fourth-order valence-electron chi connectivity index (χ4n) is 2.96. The van der Waals surface area contributed by atoms with Crippen molar-refractivity contribution in [2.24, 2.45) is 5.92 Å². The minimum Gasteiger partial charge on any atom is -0.508 e. The number of aromatic hydroxyl groups is 6. The van der Waals surface area contributed by atoms with Gasteiger partial charge in [0, 0.05) is 40.8 Å². The lowest BCUT2D eigenvalue weighted by Crippen LogP contribution is -2.30. The lowest BCUT2D eigenvalue weighted by atomic mass is 9.67. The summed E-state index contributed by atoms with van der Waals surface area (Å²) >= 11 is 0. The summed E-state index contributed by atoms with van der Waals surface area (Å²) in [5.74, 6) is -2.37. The Bertz CT molecular complexity index is 647. The zero-order valence-corrected chi connectivity index (χ0v) is 13.1. The van der Waals surface area contributed by atoms with Crippen LogP contribution in [0.25, 0.3) is 0 Å². The highest BCUT2D eigenvalue weighted by atomic mass is 16.3. The molecule has 0 unspecified atom stereocenters. The molecule has 0 aliphatic rings. The maximum Gasteiger partial charge on any atom is 0.127 e. The summed E-state index contributed by atoms with van der Waals surface area (Å²) in [5.41, 5.74) is -1.08. The van der Waals surface area contributed by atoms with E-state index in [2.05, 4.69) is 0 Å². The molecule has 6 N–H and O–H groups in total. The molecule has 0 aromatic heterocycles. The van der Waals surface area contributed by atoms with Crippen LogP contribution in [0.4, 0.5) is 0 Å². The molecule has 2 aromatic rings. The van der Waals surface area contributed by atoms with E-state index < -0.39 is 5.41 Å². The van der Waals surface area contributed by atoms with Gasteiger partial charge in [-0.2, -0.15) is 0 Å². The van der Waals surface area contributed by atoms with E-state index in [0.29, 0.717) is 0 Å². The quantitative estimate of drug-likeness (QED) is 0.517. The van der Waals surface area contributed by atoms with Crippen LogP contribution >= 0.6 is 0 Å². The molecule has 2 rings (SSSR count). The van der Waals surface area contributed by atoms with Crippen LogP contribution in [0, 0.1) is 5.92 Å². The van der Waals surface area contributed by atoms with Crippen LogP contribution in [-0.2, 0) is 5.41 Å². The van der Waals surface area contributed by atoms with Gasteiger partial charge in [-0.25, -0.2) is 0 Å². The van der Waals surface area contributed by atoms with E-state index in [9.17, 15) is 30.6 Å². The molecule has 0 aliphatic carbocycles. The van der Waals surface area contributed by atoms with Gasteiger partial charge >= 0.3 is 0 Å². The molecule has 0 aliphatic heterocycles. The Morgan fingerprint density at radius 3 is 1.13 bits per heavy atom. The second-order valence-corrected chi connectivity index (χ2v) is 6.08. The average Bonchev–Trinajstić information content (AvgIpc) is 2.35. The van der Waals surface area contributed by atoms with Gasteiger partial charge < -0.3 is 30.6 Å². The Labute approximate surface area is 133 Å². The summed E-state index contributed by atoms with van der Waals surface area (Å²) in [7, 11) is 0. The van der Waals surface area contributed by atoms with Crippen LogP contribution < -0.4 is 0 Å². The lowest BCUT2D eigenvalue weighted by molar-refractivity contribution is 0.326. The molecular weight excluding hydrogens is 300 g/mol. The van der Waals surface area contributed by atoms with Crippen molar-refractivity contribution in [3.05, 3.63) is 35.4 Å². The highest BCUT2D eigenvalue weighted by molar-refractivity contribution is 5.62. The number of hydrogen-bond donors (Lipinski definition) is 6. The Morgan fingerprint density at radius 2 is 0.913 bits per heavy atom. The zero-order valence-electron chi connectivity index (χ0n) is 13.1. The summed E-state index contributed by atoms with van der Waals surface area (Å²) in [4.78, 5) is 0. The Balaban J connectivity index is 2.87. The first-order chi connectivity index (χ1) is 10.6. The average molecular weight is 320 g/mol. The first-order valence-corrected chi connectivity index (χ1v) is 7.09. The third-order valence-electron chi connectivity index (χ3n) is 4.36. The van der Waals surface area contributed by atoms with Gasteiger partial charge in [0.2, 0.25) is 0 Å². The monoisotopic (exact) mass is 320 g/mol. The predicted molar refractivity (Wildman–Crippen MR) is 84.2 cm³/mol. The van der Waals surface area contributed by atoms with Crippen molar-refractivity contribution in [1.82, 2.24) is 0 Å². The van der Waals surface area contributed by atoms with Crippen LogP contribution in [0.5, 0.6) is 34.5 Å². The van der Waals surface area contributed by atoms with Crippen LogP contribution in [0.3, 0.4) is 0 Å². The zero-order chi connectivity index (χ0) is 17.5. The first kappa shape index (κ1) is 16.6. The molecule has 6 heteroatoms. The molecule has 0 saturated heterocycles. The van der Waals surface area contributed by atoms with Gasteiger partial charge in [-0.15, -0.1) is 0 Å². The molecule has 23 heavy (non-hydrogen) atoms. The molecule has 2 aromatic carbocycles. The van der Waals surface area contributed by atoms with Crippen molar-refractivity contribution in [2.75, 3.05) is 0 Å². The molecule has 0 amide bonds. The van der Waals surface area contributed by atoms with Crippen LogP contribution in [0.1, 0.15) is 31.9 Å². The molecule has 124 valence electrons. The maximum atomic E-state index is 10.2. The van der Waals surface area contributed by atoms with Gasteiger partial charge in [0.1, 0.15) is 34.5 Å². The summed E-state index contributed by atoms with van der Waals surface area (Å²) < 4.78 is 0. The third-order valence-corrected chi connectivity index (χ3v) is 4.36. The highest BCUT2D eigenvalue weighted by Crippen LogP contribution is 2.53. The van der Waals surface area contributed by atoms with E-state index >= 15 is 0 Å². The van der Waals surface area contributed by atoms with Crippen LogP contribution in [0.15, 0.2) is 24.3 Å². The van der Waals surface area contributed by atoms with E-state index in [1.165, 1.54) is 0 Å². The minimum atomic E-state index is -1.19. The van der Waals surface area contributed by atoms with Gasteiger partial charge in [0.15, 0.2) is 0 Å². The maximum absolute atomic E-state index is 10.2. The standard InChI is InChI=1S/C17H20O6/c1-8(2)17(3,15-11(20)4-9(18)5-12(15)21)16-13(22)6-10(19)7-14(16)23/h4-8,18-23H,1-3H3. The third kappa shape index (κ3) is 2.56. The fraction of sp³-hybridized carbons (Fsp3) is 0.294. The van der Waals surface area contributed by atoms with E-state index in [1.807, 2.05) is 0 Å². The molecule has 6 nitrogen and oxygen atoms in total. The predicted octanol–water partition coefficient (Wildman–Crippen LogP) is 2.88. The SMILES string of the molecule is CC(C)C(C)(c1c(O)cc(O)cc1O)c1c(O)cc(O)cc1O. The fourth-order valence-corrected chi connectivity index (χ4v) is 2.96. The Hall–Kier alpha value is -2.76. The number of benzene rings is 2. The topological polar surface area (TPSA) is 121 Å². The first-order valence-electron chi connectivity index (χ1n) is 7.09. The summed E-state index contributed by atoms with van der Waals surface area (Å²) in [5, 5.41) is 59.9. The minimum absolute atomic E-state index is 0.0570. The summed E-state index contributed by atoms with van der Waals surface area (Å²) in [6.45, 7) is 5.21. The Kier molecular flexibility index (Phi) is 3.94. The van der Waals surface area contributed by atoms with E-state index in [1.54, 1.807) is 20.8 Å². The lowest BCUT2D eigenvalue weighted by Gasteiger charge is -2.36. The van der Waals surface area contributed by atoms with Crippen molar-refractivity contribution in [2.45, 2.75) is 26.2 Å². The highest BCUT2D eigenvalue weighted by Gasteiger charge is 2.41. The molecule has 0 spiro atoms. The van der Waals surface area contributed by atoms with E-state index in [-0.39, 0.29) is 51.5 Å². The summed E-state index contributed by atoms with van der Waals surface area (Å²) in [6.07, 6.45) is 0. The second kappa shape index (κ2) is 5.46. The van der Waals surface area contributed by atoms with Crippen molar-refractivity contribution in [3.63, 3.8) is 0 Å². The van der Waals surface area contributed by atoms with Gasteiger partial charge in [-0.3, -0.25) is 0 Å². The molecule has 0 fully saturated rings. The number of rotatable bonds is 3. The van der Waals surface area contributed by atoms with Crippen molar-refractivity contribution in [3.8, 4) is 34.5 Å². The van der Waals surface area contributed by atoms with Crippen molar-refractivity contribution >= 4 is 0 Å². The second-order valence-electron chi connectivity index (χ2n) is 6.08. The molecule has 0 atom stereocenters. The molecule has 0 saturated carbocycles.